The van der Waals surface area contributed by atoms with E-state index in [9.17, 15) is 4.79 Å². The molecule has 0 aliphatic carbocycles. The molecule has 5 heteroatoms. The summed E-state index contributed by atoms with van der Waals surface area (Å²) >= 11 is 1.70. The minimum absolute atomic E-state index is 0.172. The molecule has 4 nitrogen and oxygen atoms in total. The molecule has 2 unspecified atom stereocenters. The monoisotopic (exact) mass is 254 g/mol. The standard InChI is InChI=1S/C12H18N2O2S/c1-9-5-10(13-12(15)16-2)7-14(6-9)11-3-4-17-8-11/h3-4,8-10H,5-7H2,1-2H3,(H,13,15). The van der Waals surface area contributed by atoms with E-state index in [2.05, 4.69) is 38.7 Å². The first-order chi connectivity index (χ1) is 8.19. The Hall–Kier alpha value is -1.23. The molecule has 1 aliphatic heterocycles. The van der Waals surface area contributed by atoms with Crippen molar-refractivity contribution in [1.82, 2.24) is 5.32 Å². The zero-order chi connectivity index (χ0) is 12.3. The van der Waals surface area contributed by atoms with Crippen molar-refractivity contribution in [2.24, 2.45) is 5.92 Å². The Morgan fingerprint density at radius 3 is 3.06 bits per heavy atom. The maximum atomic E-state index is 11.2. The van der Waals surface area contributed by atoms with Crippen molar-refractivity contribution in [3.05, 3.63) is 16.8 Å². The van der Waals surface area contributed by atoms with Crippen molar-refractivity contribution in [2.45, 2.75) is 19.4 Å². The van der Waals surface area contributed by atoms with Crippen LogP contribution in [0.5, 0.6) is 0 Å². The summed E-state index contributed by atoms with van der Waals surface area (Å²) in [6.07, 6.45) is 0.671. The Balaban J connectivity index is 1.99. The van der Waals surface area contributed by atoms with Crippen LogP contribution < -0.4 is 10.2 Å². The number of piperidine rings is 1. The third-order valence-corrected chi connectivity index (χ3v) is 3.71. The van der Waals surface area contributed by atoms with E-state index in [0.29, 0.717) is 5.92 Å². The van der Waals surface area contributed by atoms with Crippen LogP contribution in [0.1, 0.15) is 13.3 Å². The summed E-state index contributed by atoms with van der Waals surface area (Å²) in [6, 6.07) is 2.30. The SMILES string of the molecule is COC(=O)NC1CC(C)CN(c2ccsc2)C1. The Kier molecular flexibility index (Phi) is 3.89. The molecule has 1 aliphatic rings. The van der Waals surface area contributed by atoms with Crippen LogP contribution >= 0.6 is 11.3 Å². The zero-order valence-corrected chi connectivity index (χ0v) is 11.0. The quantitative estimate of drug-likeness (QED) is 0.880. The van der Waals surface area contributed by atoms with E-state index in [1.54, 1.807) is 11.3 Å². The highest BCUT2D eigenvalue weighted by Gasteiger charge is 2.26. The maximum absolute atomic E-state index is 11.2. The maximum Gasteiger partial charge on any atom is 0.407 e. The summed E-state index contributed by atoms with van der Waals surface area (Å²) in [4.78, 5) is 13.6. The minimum atomic E-state index is -0.339. The van der Waals surface area contributed by atoms with E-state index in [1.807, 2.05) is 0 Å². The molecule has 0 aromatic carbocycles. The van der Waals surface area contributed by atoms with E-state index in [0.717, 1.165) is 19.5 Å². The number of hydrogen-bond donors (Lipinski definition) is 1. The molecule has 0 radical (unpaired) electrons. The third kappa shape index (κ3) is 3.12. The second kappa shape index (κ2) is 5.40. The molecular formula is C12H18N2O2S. The molecule has 94 valence electrons. The van der Waals surface area contributed by atoms with Gasteiger partial charge >= 0.3 is 6.09 Å². The topological polar surface area (TPSA) is 41.6 Å². The van der Waals surface area contributed by atoms with Crippen LogP contribution in [0.3, 0.4) is 0 Å². The van der Waals surface area contributed by atoms with E-state index in [1.165, 1.54) is 12.8 Å². The first-order valence-electron chi connectivity index (χ1n) is 5.80. The molecule has 1 amide bonds. The predicted molar refractivity (Wildman–Crippen MR) is 69.6 cm³/mol. The van der Waals surface area contributed by atoms with Crippen LogP contribution in [0.25, 0.3) is 0 Å². The van der Waals surface area contributed by atoms with Crippen molar-refractivity contribution in [1.29, 1.82) is 0 Å². The number of anilines is 1. The minimum Gasteiger partial charge on any atom is -0.453 e. The highest BCUT2D eigenvalue weighted by molar-refractivity contribution is 7.08. The second-order valence-corrected chi connectivity index (χ2v) is 5.34. The van der Waals surface area contributed by atoms with E-state index in [-0.39, 0.29) is 12.1 Å². The Morgan fingerprint density at radius 1 is 1.59 bits per heavy atom. The summed E-state index contributed by atoms with van der Waals surface area (Å²) in [5.41, 5.74) is 1.25. The molecule has 0 saturated carbocycles. The van der Waals surface area contributed by atoms with Crippen LogP contribution in [0, 0.1) is 5.92 Å². The van der Waals surface area contributed by atoms with Crippen molar-refractivity contribution in [3.8, 4) is 0 Å². The lowest BCUT2D eigenvalue weighted by molar-refractivity contribution is 0.163. The van der Waals surface area contributed by atoms with E-state index >= 15 is 0 Å². The number of hydrogen-bond acceptors (Lipinski definition) is 4. The number of ether oxygens (including phenoxy) is 1. The van der Waals surface area contributed by atoms with Crippen LogP contribution in [0.2, 0.25) is 0 Å². The van der Waals surface area contributed by atoms with Gasteiger partial charge in [0.05, 0.1) is 7.11 Å². The van der Waals surface area contributed by atoms with Crippen LogP contribution in [-0.4, -0.2) is 32.3 Å². The molecule has 2 heterocycles. The highest BCUT2D eigenvalue weighted by atomic mass is 32.1. The molecule has 1 fully saturated rings. The van der Waals surface area contributed by atoms with Gasteiger partial charge in [-0.3, -0.25) is 0 Å². The van der Waals surface area contributed by atoms with Gasteiger partial charge in [0.25, 0.3) is 0 Å². The second-order valence-electron chi connectivity index (χ2n) is 4.56. The summed E-state index contributed by atoms with van der Waals surface area (Å²) in [5.74, 6) is 0.575. The summed E-state index contributed by atoms with van der Waals surface area (Å²) in [7, 11) is 1.40. The van der Waals surface area contributed by atoms with Crippen LogP contribution in [0.15, 0.2) is 16.8 Å². The summed E-state index contributed by atoms with van der Waals surface area (Å²) < 4.78 is 4.65. The van der Waals surface area contributed by atoms with Gasteiger partial charge in [-0.05, 0) is 23.8 Å². The number of amides is 1. The summed E-state index contributed by atoms with van der Waals surface area (Å²) in [5, 5.41) is 7.12. The Labute approximate surface area is 106 Å². The van der Waals surface area contributed by atoms with Gasteiger partial charge in [-0.25, -0.2) is 4.79 Å². The van der Waals surface area contributed by atoms with Crippen molar-refractivity contribution in [2.75, 3.05) is 25.1 Å². The number of nitrogens with zero attached hydrogens (tertiary/aromatic N) is 1. The van der Waals surface area contributed by atoms with Crippen LogP contribution in [-0.2, 0) is 4.74 Å². The average molecular weight is 254 g/mol. The number of rotatable bonds is 2. The molecule has 1 N–H and O–H groups in total. The molecule has 2 rings (SSSR count). The molecular weight excluding hydrogens is 236 g/mol. The first-order valence-corrected chi connectivity index (χ1v) is 6.75. The van der Waals surface area contributed by atoms with Gasteiger partial charge in [-0.15, -0.1) is 0 Å². The fourth-order valence-electron chi connectivity index (χ4n) is 2.33. The molecule has 0 spiro atoms. The van der Waals surface area contributed by atoms with Gasteiger partial charge in [0.15, 0.2) is 0 Å². The van der Waals surface area contributed by atoms with Gasteiger partial charge in [0.1, 0.15) is 0 Å². The van der Waals surface area contributed by atoms with E-state index < -0.39 is 0 Å². The number of carbonyl (C=O) groups excluding carboxylic acids is 1. The number of nitrogens with one attached hydrogen (secondary N) is 1. The molecule has 17 heavy (non-hydrogen) atoms. The van der Waals surface area contributed by atoms with Gasteiger partial charge in [-0.1, -0.05) is 6.92 Å². The largest absolute Gasteiger partial charge is 0.453 e. The van der Waals surface area contributed by atoms with Crippen molar-refractivity contribution >= 4 is 23.1 Å². The molecule has 0 bridgehead atoms. The van der Waals surface area contributed by atoms with Gasteiger partial charge < -0.3 is 15.0 Å². The number of alkyl carbamates (subject to hydrolysis) is 1. The van der Waals surface area contributed by atoms with Gasteiger partial charge in [-0.2, -0.15) is 11.3 Å². The normalized spacial score (nSPS) is 24.5. The number of thiophene rings is 1. The van der Waals surface area contributed by atoms with Crippen molar-refractivity contribution in [3.63, 3.8) is 0 Å². The lowest BCUT2D eigenvalue weighted by Gasteiger charge is -2.37. The van der Waals surface area contributed by atoms with Crippen LogP contribution in [0.4, 0.5) is 10.5 Å². The summed E-state index contributed by atoms with van der Waals surface area (Å²) in [6.45, 7) is 4.12. The smallest absolute Gasteiger partial charge is 0.407 e. The number of carbonyl (C=O) groups is 1. The first kappa shape index (κ1) is 12.2. The Morgan fingerprint density at radius 2 is 2.41 bits per heavy atom. The predicted octanol–water partition coefficient (Wildman–Crippen LogP) is 2.32. The molecule has 1 aromatic rings. The lowest BCUT2D eigenvalue weighted by atomic mass is 9.96. The fourth-order valence-corrected chi connectivity index (χ4v) is 2.99. The average Bonchev–Trinajstić information content (AvgIpc) is 2.81. The van der Waals surface area contributed by atoms with Gasteiger partial charge in [0, 0.05) is 30.2 Å². The fraction of sp³-hybridized carbons (Fsp3) is 0.583. The Bertz CT molecular complexity index is 367. The zero-order valence-electron chi connectivity index (χ0n) is 10.2. The molecule has 2 atom stereocenters. The third-order valence-electron chi connectivity index (χ3n) is 3.04. The number of methoxy groups -OCH3 is 1. The van der Waals surface area contributed by atoms with E-state index in [4.69, 9.17) is 0 Å². The van der Waals surface area contributed by atoms with Gasteiger partial charge in [0.2, 0.25) is 0 Å². The lowest BCUT2D eigenvalue weighted by Crippen LogP contribution is -2.50. The van der Waals surface area contributed by atoms with Crippen molar-refractivity contribution < 1.29 is 9.53 Å². The molecule has 1 saturated heterocycles. The molecule has 1 aromatic heterocycles. The highest BCUT2D eigenvalue weighted by Crippen LogP contribution is 2.25.